The van der Waals surface area contributed by atoms with Crippen LogP contribution >= 0.6 is 17.0 Å². The van der Waals surface area contributed by atoms with Crippen LogP contribution in [-0.4, -0.2) is 0 Å². The molecule has 22 heavy (non-hydrogen) atoms. The topological polar surface area (TPSA) is 0 Å². The van der Waals surface area contributed by atoms with Crippen LogP contribution in [-0.2, 0) is 20.8 Å². The van der Waals surface area contributed by atoms with Crippen molar-refractivity contribution in [1.29, 1.82) is 0 Å². The molecule has 0 fully saturated rings. The van der Waals surface area contributed by atoms with Crippen LogP contribution in [0.4, 0.5) is 0 Å². The molecule has 0 aromatic heterocycles. The van der Waals surface area contributed by atoms with E-state index in [0.29, 0.717) is 0 Å². The Balaban J connectivity index is 0.000000446. The predicted octanol–water partition coefficient (Wildman–Crippen LogP) is 6.31. The third-order valence-corrected chi connectivity index (χ3v) is 3.72. The van der Waals surface area contributed by atoms with E-state index in [1.165, 1.54) is 33.4 Å². The van der Waals surface area contributed by atoms with Crippen molar-refractivity contribution in [1.82, 2.24) is 0 Å². The first kappa shape index (κ1) is 16.0. The van der Waals surface area contributed by atoms with Crippen molar-refractivity contribution in [2.75, 3.05) is 0 Å². The molecule has 0 nitrogen and oxygen atoms in total. The van der Waals surface area contributed by atoms with Gasteiger partial charge in [0.25, 0.3) is 0 Å². The summed E-state index contributed by atoms with van der Waals surface area (Å²) >= 11 is -0.826. The third-order valence-electron chi connectivity index (χ3n) is 3.72. The van der Waals surface area contributed by atoms with E-state index in [-0.39, 0.29) is 0 Å². The van der Waals surface area contributed by atoms with Gasteiger partial charge in [-0.25, -0.2) is 0 Å². The van der Waals surface area contributed by atoms with Gasteiger partial charge in [0.05, 0.1) is 0 Å². The van der Waals surface area contributed by atoms with Gasteiger partial charge in [0, 0.05) is 6.42 Å². The Morgan fingerprint density at radius 1 is 0.591 bits per heavy atom. The summed E-state index contributed by atoms with van der Waals surface area (Å²) in [4.78, 5) is 0. The fourth-order valence-electron chi connectivity index (χ4n) is 2.87. The van der Waals surface area contributed by atoms with Gasteiger partial charge >= 0.3 is 37.9 Å². The minimum atomic E-state index is -0.826. The van der Waals surface area contributed by atoms with Gasteiger partial charge in [0.1, 0.15) is 0 Å². The van der Waals surface area contributed by atoms with Crippen LogP contribution in [0, 0.1) is 6.42 Å². The fraction of sp³-hybridized carbons (Fsp3) is 0. The van der Waals surface area contributed by atoms with Gasteiger partial charge in [-0.2, -0.15) is 0 Å². The van der Waals surface area contributed by atoms with E-state index in [4.69, 9.17) is 17.0 Å². The minimum absolute atomic E-state index is 0.826. The van der Waals surface area contributed by atoms with Crippen LogP contribution in [0.3, 0.4) is 0 Å². The van der Waals surface area contributed by atoms with E-state index in [0.717, 1.165) is 0 Å². The number of halogens is 2. The van der Waals surface area contributed by atoms with Gasteiger partial charge in [-0.05, 0) is 33.4 Å². The van der Waals surface area contributed by atoms with Crippen molar-refractivity contribution in [3.05, 3.63) is 90.3 Å². The molecule has 3 aromatic rings. The molecule has 0 saturated heterocycles. The molecule has 0 amide bonds. The van der Waals surface area contributed by atoms with Crippen LogP contribution in [0.25, 0.3) is 22.3 Å². The first-order valence-electron chi connectivity index (χ1n) is 6.94. The van der Waals surface area contributed by atoms with Gasteiger partial charge in [-0.3, -0.25) is 0 Å². The monoisotopic (exact) mass is 401 g/mol. The average molecular weight is 403 g/mol. The van der Waals surface area contributed by atoms with Crippen molar-refractivity contribution in [2.45, 2.75) is 0 Å². The van der Waals surface area contributed by atoms with E-state index < -0.39 is 20.8 Å². The first-order valence-corrected chi connectivity index (χ1v) is 13.3. The summed E-state index contributed by atoms with van der Waals surface area (Å²) in [5, 5.41) is 0. The van der Waals surface area contributed by atoms with E-state index in [2.05, 4.69) is 79.2 Å². The van der Waals surface area contributed by atoms with Crippen molar-refractivity contribution in [3.8, 4) is 22.3 Å². The third kappa shape index (κ3) is 3.23. The van der Waals surface area contributed by atoms with E-state index in [1.807, 2.05) is 0 Å². The summed E-state index contributed by atoms with van der Waals surface area (Å²) in [6.07, 6.45) is 2.27. The molecule has 0 atom stereocenters. The molecule has 0 unspecified atom stereocenters. The summed E-state index contributed by atoms with van der Waals surface area (Å²) in [6.45, 7) is 0. The Kier molecular flexibility index (Phi) is 5.52. The number of hydrogen-bond acceptors (Lipinski definition) is 0. The molecule has 0 heterocycles. The van der Waals surface area contributed by atoms with E-state index >= 15 is 0 Å². The zero-order chi connectivity index (χ0) is 15.4. The summed E-state index contributed by atoms with van der Waals surface area (Å²) in [7, 11) is 9.87. The second kappa shape index (κ2) is 7.60. The van der Waals surface area contributed by atoms with E-state index in [9.17, 15) is 0 Å². The van der Waals surface area contributed by atoms with Crippen LogP contribution in [0.15, 0.2) is 72.8 Å². The van der Waals surface area contributed by atoms with E-state index in [1.54, 1.807) is 0 Å². The molecule has 1 aliphatic carbocycles. The zero-order valence-corrected chi connectivity index (χ0v) is 15.7. The Bertz CT molecular complexity index is 769. The average Bonchev–Trinajstić information content (AvgIpc) is 2.95. The maximum atomic E-state index is 4.93. The van der Waals surface area contributed by atoms with Crippen LogP contribution < -0.4 is 0 Å². The predicted molar refractivity (Wildman–Crippen MR) is 91.5 cm³/mol. The molecule has 3 aromatic carbocycles. The molecule has 4 rings (SSSR count). The molecule has 1 aliphatic rings. The number of fused-ring (bicyclic) bond motifs is 3. The first-order chi connectivity index (χ1) is 10.8. The summed E-state index contributed by atoms with van der Waals surface area (Å²) in [5.74, 6) is 0. The molecule has 0 saturated carbocycles. The molecule has 0 bridgehead atoms. The Morgan fingerprint density at radius 3 is 1.95 bits per heavy atom. The van der Waals surface area contributed by atoms with Crippen LogP contribution in [0.5, 0.6) is 0 Å². The van der Waals surface area contributed by atoms with Gasteiger partial charge in [0.2, 0.25) is 0 Å². The standard InChI is InChI=1S/C19H13.2ClH.Zr/c1-2-7-14(8-3-1)17-12-6-10-16-13-15-9-4-5-11-18(15)19(16)17;;;/h1-13H;2*1H;/q;;;+2/p-2. The fourth-order valence-corrected chi connectivity index (χ4v) is 2.87. The normalized spacial score (nSPS) is 11.0. The second-order valence-electron chi connectivity index (χ2n) is 4.94. The Labute approximate surface area is 149 Å². The number of benzene rings is 3. The number of hydrogen-bond donors (Lipinski definition) is 0. The molecule has 0 aliphatic heterocycles. The van der Waals surface area contributed by atoms with Crippen molar-refractivity contribution in [3.63, 3.8) is 0 Å². The quantitative estimate of drug-likeness (QED) is 0.349. The molecular formula is C19H13Cl2Zr. The van der Waals surface area contributed by atoms with Crippen molar-refractivity contribution >= 4 is 17.0 Å². The molecule has 0 spiro atoms. The van der Waals surface area contributed by atoms with Gasteiger partial charge in [-0.15, -0.1) is 0 Å². The summed E-state index contributed by atoms with van der Waals surface area (Å²) in [6, 6.07) is 25.8. The summed E-state index contributed by atoms with van der Waals surface area (Å²) < 4.78 is 0. The van der Waals surface area contributed by atoms with Crippen LogP contribution in [0.2, 0.25) is 0 Å². The second-order valence-corrected chi connectivity index (χ2v) is 8.67. The zero-order valence-electron chi connectivity index (χ0n) is 11.8. The number of rotatable bonds is 1. The molecule has 1 radical (unpaired) electrons. The summed E-state index contributed by atoms with van der Waals surface area (Å²) in [5.41, 5.74) is 7.95. The SMILES string of the molecule is [CH]1c2ccccc2-c2c1cccc2-c1ccccc1.[Cl][Zr][Cl]. The molecule has 107 valence electrons. The van der Waals surface area contributed by atoms with Crippen molar-refractivity contribution < 1.29 is 20.8 Å². The van der Waals surface area contributed by atoms with Crippen molar-refractivity contribution in [2.24, 2.45) is 0 Å². The Hall–Kier alpha value is -0.877. The maximum absolute atomic E-state index is 4.93. The van der Waals surface area contributed by atoms with Gasteiger partial charge in [-0.1, -0.05) is 72.8 Å². The van der Waals surface area contributed by atoms with Gasteiger partial charge in [0.15, 0.2) is 0 Å². The Morgan fingerprint density at radius 2 is 1.18 bits per heavy atom. The molecule has 3 heteroatoms. The van der Waals surface area contributed by atoms with Gasteiger partial charge < -0.3 is 0 Å². The molecular weight excluding hydrogens is 390 g/mol. The van der Waals surface area contributed by atoms with Crippen LogP contribution in [0.1, 0.15) is 11.1 Å². The molecule has 0 N–H and O–H groups in total.